The van der Waals surface area contributed by atoms with Crippen LogP contribution in [0.1, 0.15) is 27.3 Å². The summed E-state index contributed by atoms with van der Waals surface area (Å²) in [5.74, 6) is -0.745. The second-order valence-electron chi connectivity index (χ2n) is 7.06. The summed E-state index contributed by atoms with van der Waals surface area (Å²) in [6, 6.07) is 17.7. The highest BCUT2D eigenvalue weighted by atomic mass is 19.1. The topological polar surface area (TPSA) is 49.0 Å². The predicted octanol–water partition coefficient (Wildman–Crippen LogP) is 5.09. The number of benzene rings is 2. The fourth-order valence-corrected chi connectivity index (χ4v) is 3.33. The van der Waals surface area contributed by atoms with Gasteiger partial charge in [-0.05, 0) is 55.8 Å². The number of carbonyl (C=O) groups excluding carboxylic acids is 1. The normalized spacial score (nSPS) is 11.2. The van der Waals surface area contributed by atoms with Gasteiger partial charge in [0.1, 0.15) is 17.5 Å². The highest BCUT2D eigenvalue weighted by Crippen LogP contribution is 2.25. The maximum absolute atomic E-state index is 14.3. The molecule has 29 heavy (non-hydrogen) atoms. The van der Waals surface area contributed by atoms with Gasteiger partial charge in [-0.2, -0.15) is 5.26 Å². The standard InChI is InChI=1S/C24H22FN3O/c1-16-13-21(17(2)28(16)23-8-6-5-7-22(23)25)24(29)19(15-26)14-18-9-11-20(12-10-18)27(3)4/h5-14H,1-4H3. The minimum atomic E-state index is -0.375. The van der Waals surface area contributed by atoms with E-state index in [1.165, 1.54) is 6.07 Å². The lowest BCUT2D eigenvalue weighted by Gasteiger charge is -2.12. The van der Waals surface area contributed by atoms with Gasteiger partial charge in [-0.3, -0.25) is 4.79 Å². The van der Waals surface area contributed by atoms with Gasteiger partial charge in [0, 0.05) is 36.7 Å². The second kappa shape index (κ2) is 8.15. The summed E-state index contributed by atoms with van der Waals surface area (Å²) in [4.78, 5) is 15.0. The van der Waals surface area contributed by atoms with Crippen LogP contribution in [0.2, 0.25) is 0 Å². The molecule has 0 atom stereocenters. The molecule has 146 valence electrons. The number of anilines is 1. The van der Waals surface area contributed by atoms with Crippen molar-refractivity contribution in [1.82, 2.24) is 4.57 Å². The Hall–Kier alpha value is -3.65. The van der Waals surface area contributed by atoms with Crippen LogP contribution in [-0.4, -0.2) is 24.4 Å². The minimum absolute atomic E-state index is 0.0383. The summed E-state index contributed by atoms with van der Waals surface area (Å²) in [6.45, 7) is 3.57. The van der Waals surface area contributed by atoms with Crippen molar-refractivity contribution in [1.29, 1.82) is 5.26 Å². The van der Waals surface area contributed by atoms with Crippen LogP contribution in [0.3, 0.4) is 0 Å². The molecule has 0 saturated heterocycles. The van der Waals surface area contributed by atoms with Gasteiger partial charge in [0.2, 0.25) is 5.78 Å². The van der Waals surface area contributed by atoms with Crippen LogP contribution >= 0.6 is 0 Å². The maximum Gasteiger partial charge on any atom is 0.205 e. The third kappa shape index (κ3) is 3.97. The largest absolute Gasteiger partial charge is 0.378 e. The Balaban J connectivity index is 2.00. The Morgan fingerprint density at radius 2 is 1.76 bits per heavy atom. The molecule has 0 bridgehead atoms. The molecule has 0 fully saturated rings. The number of ketones is 1. The van der Waals surface area contributed by atoms with Crippen molar-refractivity contribution in [2.75, 3.05) is 19.0 Å². The van der Waals surface area contributed by atoms with Gasteiger partial charge in [-0.25, -0.2) is 4.39 Å². The van der Waals surface area contributed by atoms with Crippen LogP contribution in [0.5, 0.6) is 0 Å². The Bertz CT molecular complexity index is 1130. The molecule has 0 unspecified atom stereocenters. The molecule has 0 aliphatic heterocycles. The van der Waals surface area contributed by atoms with Gasteiger partial charge in [-0.1, -0.05) is 24.3 Å². The summed E-state index contributed by atoms with van der Waals surface area (Å²) in [6.07, 6.45) is 1.58. The average molecular weight is 387 g/mol. The molecule has 3 rings (SSSR count). The Morgan fingerprint density at radius 3 is 2.34 bits per heavy atom. The summed E-state index contributed by atoms with van der Waals surface area (Å²) >= 11 is 0. The first-order chi connectivity index (χ1) is 13.8. The van der Waals surface area contributed by atoms with Crippen LogP contribution in [0, 0.1) is 31.0 Å². The van der Waals surface area contributed by atoms with Crippen molar-refractivity contribution in [2.24, 2.45) is 0 Å². The summed E-state index contributed by atoms with van der Waals surface area (Å²) < 4.78 is 16.0. The zero-order valence-corrected chi connectivity index (χ0v) is 16.9. The lowest BCUT2D eigenvalue weighted by atomic mass is 10.0. The number of Topliss-reactive ketones (excluding diaryl/α,β-unsaturated/α-hetero) is 1. The number of nitriles is 1. The molecular formula is C24H22FN3O. The van der Waals surface area contributed by atoms with E-state index in [9.17, 15) is 14.4 Å². The average Bonchev–Trinajstić information content (AvgIpc) is 3.00. The highest BCUT2D eigenvalue weighted by molar-refractivity contribution is 6.14. The zero-order chi connectivity index (χ0) is 21.1. The number of aryl methyl sites for hydroxylation is 1. The number of rotatable bonds is 5. The highest BCUT2D eigenvalue weighted by Gasteiger charge is 2.21. The van der Waals surface area contributed by atoms with Crippen LogP contribution < -0.4 is 4.90 Å². The van der Waals surface area contributed by atoms with E-state index in [4.69, 9.17) is 0 Å². The lowest BCUT2D eigenvalue weighted by molar-refractivity contribution is 0.103. The minimum Gasteiger partial charge on any atom is -0.378 e. The number of para-hydroxylation sites is 1. The predicted molar refractivity (Wildman–Crippen MR) is 114 cm³/mol. The van der Waals surface area contributed by atoms with Gasteiger partial charge in [-0.15, -0.1) is 0 Å². The SMILES string of the molecule is Cc1cc(C(=O)C(C#N)=Cc2ccc(N(C)C)cc2)c(C)n1-c1ccccc1F. The molecular weight excluding hydrogens is 365 g/mol. The van der Waals surface area contributed by atoms with Crippen LogP contribution in [-0.2, 0) is 0 Å². The number of carbonyl (C=O) groups is 1. The fraction of sp³-hybridized carbons (Fsp3) is 0.167. The maximum atomic E-state index is 14.3. The van der Waals surface area contributed by atoms with Crippen LogP contribution in [0.25, 0.3) is 11.8 Å². The molecule has 4 nitrogen and oxygen atoms in total. The first-order valence-corrected chi connectivity index (χ1v) is 9.21. The molecule has 5 heteroatoms. The quantitative estimate of drug-likeness (QED) is 0.348. The van der Waals surface area contributed by atoms with Crippen molar-refractivity contribution >= 4 is 17.5 Å². The Labute approximate surface area is 170 Å². The number of allylic oxidation sites excluding steroid dienone is 1. The Morgan fingerprint density at radius 1 is 1.10 bits per heavy atom. The molecule has 1 aromatic heterocycles. The molecule has 0 amide bonds. The number of hydrogen-bond donors (Lipinski definition) is 0. The molecule has 0 spiro atoms. The summed E-state index contributed by atoms with van der Waals surface area (Å²) in [7, 11) is 3.89. The van der Waals surface area contributed by atoms with E-state index >= 15 is 0 Å². The molecule has 0 aliphatic carbocycles. The number of hydrogen-bond acceptors (Lipinski definition) is 3. The van der Waals surface area contributed by atoms with E-state index < -0.39 is 0 Å². The van der Waals surface area contributed by atoms with E-state index in [0.717, 1.165) is 16.9 Å². The molecule has 0 saturated carbocycles. The van der Waals surface area contributed by atoms with Crippen LogP contribution in [0.15, 0.2) is 60.2 Å². The molecule has 0 N–H and O–H groups in total. The van der Waals surface area contributed by atoms with Gasteiger partial charge < -0.3 is 9.47 Å². The van der Waals surface area contributed by atoms with Crippen LogP contribution in [0.4, 0.5) is 10.1 Å². The summed E-state index contributed by atoms with van der Waals surface area (Å²) in [5.41, 5.74) is 3.93. The van der Waals surface area contributed by atoms with Crippen molar-refractivity contribution in [3.63, 3.8) is 0 Å². The van der Waals surface area contributed by atoms with Gasteiger partial charge in [0.05, 0.1) is 5.69 Å². The van der Waals surface area contributed by atoms with E-state index in [1.807, 2.05) is 56.3 Å². The first kappa shape index (κ1) is 20.1. The monoisotopic (exact) mass is 387 g/mol. The third-order valence-electron chi connectivity index (χ3n) is 4.85. The molecule has 0 radical (unpaired) electrons. The lowest BCUT2D eigenvalue weighted by Crippen LogP contribution is -2.08. The van der Waals surface area contributed by atoms with Crippen molar-refractivity contribution in [3.05, 3.63) is 88.5 Å². The fourth-order valence-electron chi connectivity index (χ4n) is 3.33. The smallest absolute Gasteiger partial charge is 0.205 e. The summed E-state index contributed by atoms with van der Waals surface area (Å²) in [5, 5.41) is 9.58. The second-order valence-corrected chi connectivity index (χ2v) is 7.06. The van der Waals surface area contributed by atoms with Gasteiger partial charge >= 0.3 is 0 Å². The number of halogens is 1. The van der Waals surface area contributed by atoms with Gasteiger partial charge in [0.15, 0.2) is 0 Å². The number of nitrogens with zero attached hydrogens (tertiary/aromatic N) is 3. The van der Waals surface area contributed by atoms with Gasteiger partial charge in [0.25, 0.3) is 0 Å². The van der Waals surface area contributed by atoms with E-state index in [-0.39, 0.29) is 17.2 Å². The molecule has 2 aromatic carbocycles. The molecule has 3 aromatic rings. The zero-order valence-electron chi connectivity index (χ0n) is 16.9. The molecule has 1 heterocycles. The van der Waals surface area contributed by atoms with E-state index in [2.05, 4.69) is 0 Å². The van der Waals surface area contributed by atoms with Crippen molar-refractivity contribution < 1.29 is 9.18 Å². The van der Waals surface area contributed by atoms with E-state index in [0.29, 0.717) is 16.9 Å². The third-order valence-corrected chi connectivity index (χ3v) is 4.85. The molecule has 0 aliphatic rings. The Kier molecular flexibility index (Phi) is 5.65. The first-order valence-electron chi connectivity index (χ1n) is 9.21. The van der Waals surface area contributed by atoms with Crippen molar-refractivity contribution in [2.45, 2.75) is 13.8 Å². The van der Waals surface area contributed by atoms with Crippen molar-refractivity contribution in [3.8, 4) is 11.8 Å². The number of aromatic nitrogens is 1. The van der Waals surface area contributed by atoms with E-state index in [1.54, 1.807) is 41.8 Å².